The third-order valence-electron chi connectivity index (χ3n) is 3.91. The van der Waals surface area contributed by atoms with Gasteiger partial charge < -0.3 is 25.3 Å². The van der Waals surface area contributed by atoms with Crippen molar-refractivity contribution in [3.05, 3.63) is 59.2 Å². The fourth-order valence-electron chi connectivity index (χ4n) is 2.44. The number of nitrogens with zero attached hydrogens (tertiary/aromatic N) is 1. The average Bonchev–Trinajstić information content (AvgIpc) is 2.70. The van der Waals surface area contributed by atoms with Gasteiger partial charge in [0.15, 0.2) is 17.5 Å². The lowest BCUT2D eigenvalue weighted by molar-refractivity contribution is -0.176. The average molecular weight is 411 g/mol. The number of alkyl halides is 3. The van der Waals surface area contributed by atoms with Crippen LogP contribution in [0.5, 0.6) is 11.5 Å². The number of guanidine groups is 1. The van der Waals surface area contributed by atoms with E-state index in [1.165, 1.54) is 0 Å². The number of rotatable bonds is 9. The van der Waals surface area contributed by atoms with Gasteiger partial charge in [-0.05, 0) is 28.8 Å². The van der Waals surface area contributed by atoms with Gasteiger partial charge >= 0.3 is 6.18 Å². The Morgan fingerprint density at radius 1 is 0.966 bits per heavy atom. The maximum Gasteiger partial charge on any atom is 0.411 e. The zero-order valence-corrected chi connectivity index (χ0v) is 16.3. The van der Waals surface area contributed by atoms with Crippen LogP contribution in [0.15, 0.2) is 47.5 Å². The molecule has 0 spiro atoms. The third-order valence-corrected chi connectivity index (χ3v) is 3.91. The zero-order chi connectivity index (χ0) is 21.3. The molecule has 9 heteroatoms. The molecule has 2 rings (SSSR count). The molecule has 2 aromatic rings. The lowest BCUT2D eigenvalue weighted by Gasteiger charge is -2.10. The molecule has 0 unspecified atom stereocenters. The molecule has 0 aromatic heterocycles. The van der Waals surface area contributed by atoms with Crippen molar-refractivity contribution in [2.45, 2.75) is 25.9 Å². The molecule has 0 aliphatic rings. The topological polar surface area (TPSA) is 78.1 Å². The molecule has 0 aliphatic heterocycles. The quantitative estimate of drug-likeness (QED) is 0.489. The molecular formula is C20H24F3N3O3. The van der Waals surface area contributed by atoms with Gasteiger partial charge in [-0.3, -0.25) is 0 Å². The predicted molar refractivity (Wildman–Crippen MR) is 104 cm³/mol. The van der Waals surface area contributed by atoms with Gasteiger partial charge in [-0.2, -0.15) is 13.2 Å². The van der Waals surface area contributed by atoms with Gasteiger partial charge in [0.25, 0.3) is 0 Å². The summed E-state index contributed by atoms with van der Waals surface area (Å²) in [6.07, 6.45) is -4.32. The minimum atomic E-state index is -4.32. The van der Waals surface area contributed by atoms with Crippen molar-refractivity contribution < 1.29 is 27.4 Å². The number of ether oxygens (including phenoxy) is 3. The first kappa shape index (κ1) is 22.4. The molecule has 0 aliphatic carbocycles. The lowest BCUT2D eigenvalue weighted by atomic mass is 10.1. The van der Waals surface area contributed by atoms with Crippen LogP contribution in [0.1, 0.15) is 16.7 Å². The molecule has 0 heterocycles. The largest absolute Gasteiger partial charge is 0.493 e. The molecule has 0 radical (unpaired) electrons. The first-order valence-electron chi connectivity index (χ1n) is 8.77. The Kier molecular flexibility index (Phi) is 8.14. The van der Waals surface area contributed by atoms with E-state index in [0.717, 1.165) is 11.1 Å². The molecule has 0 saturated heterocycles. The molecule has 0 atom stereocenters. The highest BCUT2D eigenvalue weighted by Crippen LogP contribution is 2.27. The second-order valence-electron chi connectivity index (χ2n) is 6.17. The zero-order valence-electron chi connectivity index (χ0n) is 16.3. The van der Waals surface area contributed by atoms with Gasteiger partial charge in [0.05, 0.1) is 27.4 Å². The van der Waals surface area contributed by atoms with E-state index in [1.807, 2.05) is 12.1 Å². The van der Waals surface area contributed by atoms with Crippen LogP contribution in [0.3, 0.4) is 0 Å². The summed E-state index contributed by atoms with van der Waals surface area (Å²) >= 11 is 0. The van der Waals surface area contributed by atoms with Crippen molar-refractivity contribution in [2.24, 2.45) is 10.7 Å². The summed E-state index contributed by atoms with van der Waals surface area (Å²) in [5.74, 6) is 1.53. The van der Waals surface area contributed by atoms with Crippen LogP contribution < -0.4 is 20.5 Å². The fourth-order valence-corrected chi connectivity index (χ4v) is 2.44. The molecule has 0 saturated carbocycles. The summed E-state index contributed by atoms with van der Waals surface area (Å²) in [5, 5.41) is 2.99. The Morgan fingerprint density at radius 2 is 1.59 bits per heavy atom. The van der Waals surface area contributed by atoms with Crippen molar-refractivity contribution in [2.75, 3.05) is 20.8 Å². The number of nitrogens with one attached hydrogen (secondary N) is 1. The summed E-state index contributed by atoms with van der Waals surface area (Å²) in [4.78, 5) is 4.28. The number of aliphatic imine (C=N–C) groups is 1. The maximum atomic E-state index is 12.1. The Balaban J connectivity index is 1.81. The monoisotopic (exact) mass is 411 g/mol. The van der Waals surface area contributed by atoms with Crippen LogP contribution in [0.4, 0.5) is 13.2 Å². The summed E-state index contributed by atoms with van der Waals surface area (Å²) in [7, 11) is 3.13. The highest BCUT2D eigenvalue weighted by molar-refractivity contribution is 5.77. The highest BCUT2D eigenvalue weighted by atomic mass is 19.4. The number of nitrogens with two attached hydrogens (primary N) is 1. The second-order valence-corrected chi connectivity index (χ2v) is 6.17. The van der Waals surface area contributed by atoms with Crippen molar-refractivity contribution >= 4 is 5.96 Å². The summed E-state index contributed by atoms with van der Waals surface area (Å²) in [5.41, 5.74) is 8.37. The van der Waals surface area contributed by atoms with Crippen molar-refractivity contribution in [1.82, 2.24) is 5.32 Å². The van der Waals surface area contributed by atoms with E-state index in [2.05, 4.69) is 15.0 Å². The highest BCUT2D eigenvalue weighted by Gasteiger charge is 2.27. The van der Waals surface area contributed by atoms with E-state index in [-0.39, 0.29) is 12.6 Å². The maximum absolute atomic E-state index is 12.1. The number of halogens is 3. The van der Waals surface area contributed by atoms with E-state index in [1.54, 1.807) is 44.6 Å². The molecule has 3 N–H and O–H groups in total. The van der Waals surface area contributed by atoms with Gasteiger partial charge in [-0.15, -0.1) is 0 Å². The SMILES string of the molecule is COc1ccc(CN=C(N)NCc2ccc(COCC(F)(F)F)cc2)cc1OC. The minimum absolute atomic E-state index is 0.0951. The van der Waals surface area contributed by atoms with Crippen molar-refractivity contribution in [3.8, 4) is 11.5 Å². The fraction of sp³-hybridized carbons (Fsp3) is 0.350. The van der Waals surface area contributed by atoms with E-state index < -0.39 is 12.8 Å². The molecule has 158 valence electrons. The molecular weight excluding hydrogens is 387 g/mol. The van der Waals surface area contributed by atoms with Gasteiger partial charge in [-0.1, -0.05) is 30.3 Å². The molecule has 0 fully saturated rings. The number of methoxy groups -OCH3 is 2. The first-order chi connectivity index (χ1) is 13.8. The van der Waals surface area contributed by atoms with Crippen LogP contribution in [0, 0.1) is 0 Å². The van der Waals surface area contributed by atoms with E-state index in [0.29, 0.717) is 30.2 Å². The lowest BCUT2D eigenvalue weighted by Crippen LogP contribution is -2.31. The second kappa shape index (κ2) is 10.6. The van der Waals surface area contributed by atoms with Crippen LogP contribution in [0.25, 0.3) is 0 Å². The van der Waals surface area contributed by atoms with Crippen LogP contribution >= 0.6 is 0 Å². The Labute approximate surface area is 167 Å². The minimum Gasteiger partial charge on any atom is -0.493 e. The van der Waals surface area contributed by atoms with Gasteiger partial charge in [0.1, 0.15) is 6.61 Å². The Morgan fingerprint density at radius 3 is 2.21 bits per heavy atom. The number of hydrogen-bond donors (Lipinski definition) is 2. The predicted octanol–water partition coefficient (Wildman–Crippen LogP) is 3.39. The van der Waals surface area contributed by atoms with Crippen LogP contribution in [-0.4, -0.2) is 33.0 Å². The van der Waals surface area contributed by atoms with Crippen molar-refractivity contribution in [1.29, 1.82) is 0 Å². The Bertz CT molecular complexity index is 809. The van der Waals surface area contributed by atoms with Gasteiger partial charge in [0.2, 0.25) is 0 Å². The Hall–Kier alpha value is -2.94. The van der Waals surface area contributed by atoms with Crippen molar-refractivity contribution in [3.63, 3.8) is 0 Å². The van der Waals surface area contributed by atoms with E-state index >= 15 is 0 Å². The molecule has 6 nitrogen and oxygen atoms in total. The number of benzene rings is 2. The summed E-state index contributed by atoms with van der Waals surface area (Å²) < 4.78 is 51.3. The standard InChI is InChI=1S/C20H24F3N3O3/c1-27-17-8-7-16(9-18(17)28-2)11-26-19(24)25-10-14-3-5-15(6-4-14)12-29-13-20(21,22)23/h3-9H,10-13H2,1-2H3,(H3,24,25,26). The third kappa shape index (κ3) is 7.90. The normalized spacial score (nSPS) is 12.0. The van der Waals surface area contributed by atoms with Crippen LogP contribution in [0.2, 0.25) is 0 Å². The van der Waals surface area contributed by atoms with Crippen LogP contribution in [-0.2, 0) is 24.4 Å². The molecule has 2 aromatic carbocycles. The molecule has 0 bridgehead atoms. The number of hydrogen-bond acceptors (Lipinski definition) is 4. The smallest absolute Gasteiger partial charge is 0.411 e. The summed E-state index contributed by atoms with van der Waals surface area (Å²) in [6, 6.07) is 12.5. The molecule has 29 heavy (non-hydrogen) atoms. The summed E-state index contributed by atoms with van der Waals surface area (Å²) in [6.45, 7) is -0.550. The van der Waals surface area contributed by atoms with E-state index in [4.69, 9.17) is 15.2 Å². The van der Waals surface area contributed by atoms with Gasteiger partial charge in [-0.25, -0.2) is 4.99 Å². The van der Waals surface area contributed by atoms with E-state index in [9.17, 15) is 13.2 Å². The van der Waals surface area contributed by atoms with Gasteiger partial charge in [0, 0.05) is 6.54 Å². The first-order valence-corrected chi connectivity index (χ1v) is 8.77. The molecule has 0 amide bonds.